The lowest BCUT2D eigenvalue weighted by molar-refractivity contribution is -0.143. The highest BCUT2D eigenvalue weighted by Gasteiger charge is 2.65. The fraction of sp³-hybridized carbons (Fsp3) is 0.722. The van der Waals surface area contributed by atoms with Crippen LogP contribution in [0.2, 0.25) is 0 Å². The maximum absolute atomic E-state index is 14.4. The van der Waals surface area contributed by atoms with Crippen molar-refractivity contribution in [3.8, 4) is 0 Å². The van der Waals surface area contributed by atoms with Gasteiger partial charge in [-0.05, 0) is 26.2 Å². The third kappa shape index (κ3) is 2.10. The Morgan fingerprint density at radius 1 is 1.31 bits per heavy atom. The molecule has 8 heteroatoms. The highest BCUT2D eigenvalue weighted by molar-refractivity contribution is 5.78. The van der Waals surface area contributed by atoms with Gasteiger partial charge in [-0.1, -0.05) is 0 Å². The van der Waals surface area contributed by atoms with E-state index in [0.717, 1.165) is 19.4 Å². The van der Waals surface area contributed by atoms with Crippen molar-refractivity contribution >= 4 is 17.7 Å². The van der Waals surface area contributed by atoms with E-state index in [0.29, 0.717) is 36.8 Å². The molecule has 2 atom stereocenters. The van der Waals surface area contributed by atoms with Crippen molar-refractivity contribution in [2.24, 2.45) is 11.3 Å². The summed E-state index contributed by atoms with van der Waals surface area (Å²) >= 11 is 0. The third-order valence-electron chi connectivity index (χ3n) is 6.57. The second-order valence-corrected chi connectivity index (χ2v) is 8.21. The molecule has 5 rings (SSSR count). The van der Waals surface area contributed by atoms with Gasteiger partial charge in [-0.2, -0.15) is 13.8 Å². The number of carbonyl (C=O) groups is 1. The van der Waals surface area contributed by atoms with Crippen molar-refractivity contribution in [1.29, 1.82) is 0 Å². The van der Waals surface area contributed by atoms with Crippen LogP contribution in [0.15, 0.2) is 0 Å². The minimum Gasteiger partial charge on any atom is -0.469 e. The maximum atomic E-state index is 14.4. The van der Waals surface area contributed by atoms with Crippen LogP contribution in [-0.4, -0.2) is 48.7 Å². The minimum atomic E-state index is -2.88. The molecule has 0 N–H and O–H groups in total. The molecule has 0 aromatic carbocycles. The van der Waals surface area contributed by atoms with Crippen molar-refractivity contribution < 1.29 is 18.3 Å². The van der Waals surface area contributed by atoms with Gasteiger partial charge in [-0.15, -0.1) is 0 Å². The standard InChI is InChI=1S/C18H22F2N4O2/c1-10-4-6-24(10)16-21-13-11(3-5-18(13,19)20)14(22-16)23-8-17(9-23)7-12(17)15(25)26-2/h10,12H,3-9H2,1-2H3/t10-,12?/m0/s1. The van der Waals surface area contributed by atoms with Crippen molar-refractivity contribution in [1.82, 2.24) is 9.97 Å². The number of halogens is 2. The Morgan fingerprint density at radius 2 is 2.08 bits per heavy atom. The lowest BCUT2D eigenvalue weighted by Crippen LogP contribution is -2.52. The number of esters is 1. The van der Waals surface area contributed by atoms with E-state index in [2.05, 4.69) is 16.9 Å². The van der Waals surface area contributed by atoms with Gasteiger partial charge in [0.05, 0.1) is 13.0 Å². The van der Waals surface area contributed by atoms with E-state index >= 15 is 0 Å². The van der Waals surface area contributed by atoms with Crippen LogP contribution in [0.5, 0.6) is 0 Å². The summed E-state index contributed by atoms with van der Waals surface area (Å²) < 4.78 is 33.6. The number of fused-ring (bicyclic) bond motifs is 1. The van der Waals surface area contributed by atoms with Crippen molar-refractivity contribution in [3.05, 3.63) is 11.3 Å². The van der Waals surface area contributed by atoms with E-state index < -0.39 is 5.92 Å². The Bertz CT molecular complexity index is 794. The van der Waals surface area contributed by atoms with Crippen LogP contribution < -0.4 is 9.80 Å². The number of methoxy groups -OCH3 is 1. The van der Waals surface area contributed by atoms with E-state index in [-0.39, 0.29) is 35.5 Å². The Balaban J connectivity index is 1.45. The van der Waals surface area contributed by atoms with Crippen LogP contribution in [0, 0.1) is 11.3 Å². The number of hydrogen-bond acceptors (Lipinski definition) is 6. The van der Waals surface area contributed by atoms with Gasteiger partial charge in [0.2, 0.25) is 5.95 Å². The topological polar surface area (TPSA) is 58.6 Å². The summed E-state index contributed by atoms with van der Waals surface area (Å²) in [6, 6.07) is 0.283. The molecule has 3 fully saturated rings. The molecule has 0 amide bonds. The molecule has 2 aliphatic carbocycles. The fourth-order valence-electron chi connectivity index (χ4n) is 4.63. The monoisotopic (exact) mass is 364 g/mol. The van der Waals surface area contributed by atoms with E-state index in [1.165, 1.54) is 7.11 Å². The number of alkyl halides is 2. The number of hydrogen-bond donors (Lipinski definition) is 0. The van der Waals surface area contributed by atoms with Crippen LogP contribution in [0.4, 0.5) is 20.5 Å². The van der Waals surface area contributed by atoms with Gasteiger partial charge >= 0.3 is 5.97 Å². The molecule has 1 saturated carbocycles. The average Bonchev–Trinajstić information content (AvgIpc) is 3.25. The molecular formula is C18H22F2N4O2. The molecule has 26 heavy (non-hydrogen) atoms. The van der Waals surface area contributed by atoms with E-state index in [4.69, 9.17) is 4.74 Å². The van der Waals surface area contributed by atoms with E-state index in [9.17, 15) is 13.6 Å². The number of carbonyl (C=O) groups excluding carboxylic acids is 1. The van der Waals surface area contributed by atoms with Crippen molar-refractivity contribution in [3.63, 3.8) is 0 Å². The number of nitrogens with zero attached hydrogens (tertiary/aromatic N) is 4. The molecule has 1 unspecified atom stereocenters. The Morgan fingerprint density at radius 3 is 2.69 bits per heavy atom. The quantitative estimate of drug-likeness (QED) is 0.766. The van der Waals surface area contributed by atoms with Crippen LogP contribution in [0.1, 0.15) is 37.4 Å². The average molecular weight is 364 g/mol. The molecular weight excluding hydrogens is 342 g/mol. The summed E-state index contributed by atoms with van der Waals surface area (Å²) in [5.41, 5.74) is 0.436. The largest absolute Gasteiger partial charge is 0.469 e. The summed E-state index contributed by atoms with van der Waals surface area (Å²) in [7, 11) is 1.41. The molecule has 140 valence electrons. The van der Waals surface area contributed by atoms with Crippen LogP contribution >= 0.6 is 0 Å². The third-order valence-corrected chi connectivity index (χ3v) is 6.57. The normalized spacial score (nSPS) is 29.8. The van der Waals surface area contributed by atoms with Gasteiger partial charge < -0.3 is 14.5 Å². The Labute approximate surface area is 150 Å². The van der Waals surface area contributed by atoms with Gasteiger partial charge in [-0.3, -0.25) is 4.79 Å². The van der Waals surface area contributed by atoms with E-state index in [1.54, 1.807) is 0 Å². The molecule has 0 radical (unpaired) electrons. The Hall–Kier alpha value is -1.99. The molecule has 1 aromatic heterocycles. The van der Waals surface area contributed by atoms with Crippen LogP contribution in [0.25, 0.3) is 0 Å². The first-order chi connectivity index (χ1) is 12.3. The SMILES string of the molecule is COC(=O)C1CC12CN(c1nc(N3CC[C@@H]3C)nc3c1CCC3(F)F)C2. The van der Waals surface area contributed by atoms with E-state index in [1.807, 2.05) is 9.80 Å². The van der Waals surface area contributed by atoms with Crippen LogP contribution in [-0.2, 0) is 21.9 Å². The van der Waals surface area contributed by atoms with Crippen LogP contribution in [0.3, 0.4) is 0 Å². The van der Waals surface area contributed by atoms with Crippen molar-refractivity contribution in [2.45, 2.75) is 44.6 Å². The number of anilines is 2. The molecule has 6 nitrogen and oxygen atoms in total. The first-order valence-electron chi connectivity index (χ1n) is 9.23. The fourth-order valence-corrected chi connectivity index (χ4v) is 4.63. The van der Waals surface area contributed by atoms with Gasteiger partial charge in [0, 0.05) is 43.1 Å². The van der Waals surface area contributed by atoms with Gasteiger partial charge in [0.25, 0.3) is 5.92 Å². The molecule has 4 aliphatic rings. The zero-order valence-corrected chi connectivity index (χ0v) is 15.0. The number of ether oxygens (including phenoxy) is 1. The zero-order valence-electron chi connectivity index (χ0n) is 15.0. The smallest absolute Gasteiger partial charge is 0.309 e. The second-order valence-electron chi connectivity index (χ2n) is 8.21. The summed E-state index contributed by atoms with van der Waals surface area (Å²) in [5.74, 6) is -2.05. The Kier molecular flexibility index (Phi) is 3.14. The zero-order chi connectivity index (χ0) is 18.3. The van der Waals surface area contributed by atoms with Crippen molar-refractivity contribution in [2.75, 3.05) is 36.5 Å². The molecule has 1 aromatic rings. The molecule has 2 aliphatic heterocycles. The lowest BCUT2D eigenvalue weighted by atomic mass is 9.93. The van der Waals surface area contributed by atoms with Gasteiger partial charge in [0.1, 0.15) is 11.5 Å². The maximum Gasteiger partial charge on any atom is 0.309 e. The molecule has 0 bridgehead atoms. The van der Waals surface area contributed by atoms with Gasteiger partial charge in [0.15, 0.2) is 0 Å². The molecule has 1 spiro atoms. The highest BCUT2D eigenvalue weighted by atomic mass is 19.3. The lowest BCUT2D eigenvalue weighted by Gasteiger charge is -2.44. The highest BCUT2D eigenvalue weighted by Crippen LogP contribution is 2.60. The summed E-state index contributed by atoms with van der Waals surface area (Å²) in [5, 5.41) is 0. The summed E-state index contributed by atoms with van der Waals surface area (Å²) in [6.07, 6.45) is 1.94. The molecule has 3 heterocycles. The summed E-state index contributed by atoms with van der Waals surface area (Å²) in [6.45, 7) is 4.22. The minimum absolute atomic E-state index is 0.0454. The van der Waals surface area contributed by atoms with Gasteiger partial charge in [-0.25, -0.2) is 4.98 Å². The predicted molar refractivity (Wildman–Crippen MR) is 90.4 cm³/mol. The second kappa shape index (κ2) is 5.04. The first kappa shape index (κ1) is 16.2. The predicted octanol–water partition coefficient (Wildman–Crippen LogP) is 2.11. The summed E-state index contributed by atoms with van der Waals surface area (Å²) in [4.78, 5) is 24.7. The molecule has 2 saturated heterocycles. The number of rotatable bonds is 3. The number of aromatic nitrogens is 2. The first-order valence-corrected chi connectivity index (χ1v) is 9.23.